The molecule has 2 N–H and O–H groups in total. The lowest BCUT2D eigenvalue weighted by Crippen LogP contribution is -2.36. The molecule has 1 aliphatic heterocycles. The summed E-state index contributed by atoms with van der Waals surface area (Å²) in [4.78, 5) is 15.7. The van der Waals surface area contributed by atoms with E-state index in [4.69, 9.17) is 0 Å². The summed E-state index contributed by atoms with van der Waals surface area (Å²) in [7, 11) is 0. The highest BCUT2D eigenvalue weighted by atomic mass is 19.1. The molecule has 1 aromatic heterocycles. The van der Waals surface area contributed by atoms with Crippen LogP contribution in [-0.4, -0.2) is 10.8 Å². The molecule has 4 rings (SSSR count). The molecule has 1 aliphatic rings. The van der Waals surface area contributed by atoms with E-state index in [0.717, 1.165) is 6.07 Å². The average Bonchev–Trinajstić information content (AvgIpc) is 3.07. The van der Waals surface area contributed by atoms with Gasteiger partial charge in [0, 0.05) is 33.9 Å². The highest BCUT2D eigenvalue weighted by Gasteiger charge is 2.49. The summed E-state index contributed by atoms with van der Waals surface area (Å²) in [6, 6.07) is 9.79. The first kappa shape index (κ1) is 13.5. The van der Waals surface area contributed by atoms with E-state index in [9.17, 15) is 18.8 Å². The van der Waals surface area contributed by atoms with Gasteiger partial charge >= 0.3 is 0 Å². The van der Waals surface area contributed by atoms with Crippen molar-refractivity contribution in [3.05, 3.63) is 65.4 Å². The number of anilines is 1. The van der Waals surface area contributed by atoms with Crippen LogP contribution in [0.1, 0.15) is 15.9 Å². The first-order valence-corrected chi connectivity index (χ1v) is 6.86. The van der Waals surface area contributed by atoms with Gasteiger partial charge in [-0.3, -0.25) is 4.79 Å². The number of fused-ring (bicyclic) bond motifs is 2. The van der Waals surface area contributed by atoms with Gasteiger partial charge in [0.25, 0.3) is 0 Å². The van der Waals surface area contributed by atoms with Crippen molar-refractivity contribution in [3.8, 4) is 6.07 Å². The molecule has 3 aromatic rings. The highest BCUT2D eigenvalue weighted by molar-refractivity contribution is 6.17. The second kappa shape index (κ2) is 4.40. The summed E-state index contributed by atoms with van der Waals surface area (Å²) in [5, 5.41) is 13.0. The number of carbonyl (C=O) groups is 1. The molecule has 0 fully saturated rings. The van der Waals surface area contributed by atoms with E-state index in [-0.39, 0.29) is 5.56 Å². The summed E-state index contributed by atoms with van der Waals surface area (Å²) in [6.45, 7) is 0. The van der Waals surface area contributed by atoms with Crippen molar-refractivity contribution < 1.29 is 13.6 Å². The lowest BCUT2D eigenvalue weighted by molar-refractivity contribution is 0.0949. The molecule has 1 unspecified atom stereocenters. The van der Waals surface area contributed by atoms with Gasteiger partial charge in [-0.05, 0) is 36.4 Å². The van der Waals surface area contributed by atoms with E-state index in [2.05, 4.69) is 10.3 Å². The van der Waals surface area contributed by atoms with Crippen LogP contribution >= 0.6 is 0 Å². The fourth-order valence-electron chi connectivity index (χ4n) is 3.01. The minimum atomic E-state index is -1.71. The molecule has 1 atom stereocenters. The Balaban J connectivity index is 1.97. The average molecular weight is 309 g/mol. The van der Waals surface area contributed by atoms with Crippen LogP contribution in [0, 0.1) is 23.0 Å². The number of benzene rings is 2. The van der Waals surface area contributed by atoms with E-state index < -0.39 is 23.0 Å². The molecule has 6 heteroatoms. The third kappa shape index (κ3) is 1.70. The van der Waals surface area contributed by atoms with Crippen LogP contribution in [0.5, 0.6) is 0 Å². The molecule has 0 radical (unpaired) electrons. The van der Waals surface area contributed by atoms with E-state index in [1.807, 2.05) is 6.07 Å². The van der Waals surface area contributed by atoms with Gasteiger partial charge < -0.3 is 10.3 Å². The molecule has 0 spiro atoms. The normalized spacial score (nSPS) is 19.4. The molecule has 0 saturated carbocycles. The maximum atomic E-state index is 13.6. The van der Waals surface area contributed by atoms with E-state index in [1.165, 1.54) is 36.5 Å². The number of hydrogen-bond donors (Lipinski definition) is 2. The number of nitrogens with zero attached hydrogens (tertiary/aromatic N) is 1. The van der Waals surface area contributed by atoms with Gasteiger partial charge in [-0.2, -0.15) is 5.26 Å². The van der Waals surface area contributed by atoms with Crippen molar-refractivity contribution in [1.82, 2.24) is 4.98 Å². The number of rotatable bonds is 1. The lowest BCUT2D eigenvalue weighted by atomic mass is 9.87. The van der Waals surface area contributed by atoms with Gasteiger partial charge in [-0.25, -0.2) is 8.78 Å². The van der Waals surface area contributed by atoms with Crippen LogP contribution in [0.15, 0.2) is 42.6 Å². The molecule has 4 nitrogen and oxygen atoms in total. The van der Waals surface area contributed by atoms with Gasteiger partial charge in [0.15, 0.2) is 0 Å². The monoisotopic (exact) mass is 309 g/mol. The quantitative estimate of drug-likeness (QED) is 0.723. The van der Waals surface area contributed by atoms with Gasteiger partial charge in [0.2, 0.25) is 11.3 Å². The third-order valence-corrected chi connectivity index (χ3v) is 4.10. The summed E-state index contributed by atoms with van der Waals surface area (Å²) >= 11 is 0. The standard InChI is InChI=1S/C17H9F2N3O/c18-9-1-3-14-11(5-9)13(7-21-14)17(8-20)16(23)12-6-10(19)2-4-15(12)22-17/h1-7,21-22H. The fraction of sp³-hybridized carbons (Fsp3) is 0.0588. The smallest absolute Gasteiger partial charge is 0.216 e. The van der Waals surface area contributed by atoms with Crippen LogP contribution in [0.4, 0.5) is 14.5 Å². The summed E-state index contributed by atoms with van der Waals surface area (Å²) in [5.74, 6) is -1.59. The molecule has 2 aromatic carbocycles. The summed E-state index contributed by atoms with van der Waals surface area (Å²) in [6.07, 6.45) is 1.50. The lowest BCUT2D eigenvalue weighted by Gasteiger charge is -2.19. The first-order valence-electron chi connectivity index (χ1n) is 6.86. The number of aromatic nitrogens is 1. The second-order valence-corrected chi connectivity index (χ2v) is 5.40. The van der Waals surface area contributed by atoms with Crippen molar-refractivity contribution in [2.75, 3.05) is 5.32 Å². The zero-order valence-electron chi connectivity index (χ0n) is 11.7. The van der Waals surface area contributed by atoms with Crippen molar-refractivity contribution in [2.24, 2.45) is 0 Å². The largest absolute Gasteiger partial charge is 0.361 e. The maximum absolute atomic E-state index is 13.6. The minimum absolute atomic E-state index is 0.109. The van der Waals surface area contributed by atoms with Crippen LogP contribution in [0.3, 0.4) is 0 Å². The predicted octanol–water partition coefficient (Wildman–Crippen LogP) is 3.47. The van der Waals surface area contributed by atoms with Gasteiger partial charge in [0.05, 0.1) is 0 Å². The Morgan fingerprint density at radius 3 is 2.61 bits per heavy atom. The fourth-order valence-corrected chi connectivity index (χ4v) is 3.01. The number of hydrogen-bond acceptors (Lipinski definition) is 3. The zero-order chi connectivity index (χ0) is 16.2. The van der Waals surface area contributed by atoms with Crippen LogP contribution in [-0.2, 0) is 5.54 Å². The second-order valence-electron chi connectivity index (χ2n) is 5.40. The van der Waals surface area contributed by atoms with Gasteiger partial charge in [-0.1, -0.05) is 0 Å². The molecule has 0 bridgehead atoms. The molecular weight excluding hydrogens is 300 g/mol. The Morgan fingerprint density at radius 2 is 1.83 bits per heavy atom. The Kier molecular flexibility index (Phi) is 2.57. The molecule has 0 aliphatic carbocycles. The SMILES string of the molecule is N#CC1(c2c[nH]c3ccc(F)cc23)Nc2ccc(F)cc2C1=O. The Labute approximate surface area is 129 Å². The van der Waals surface area contributed by atoms with E-state index in [0.29, 0.717) is 22.2 Å². The highest BCUT2D eigenvalue weighted by Crippen LogP contribution is 2.41. The molecule has 112 valence electrons. The number of ketones is 1. The maximum Gasteiger partial charge on any atom is 0.216 e. The van der Waals surface area contributed by atoms with Crippen molar-refractivity contribution in [2.45, 2.75) is 5.54 Å². The van der Waals surface area contributed by atoms with Crippen LogP contribution in [0.25, 0.3) is 10.9 Å². The van der Waals surface area contributed by atoms with Crippen molar-refractivity contribution in [3.63, 3.8) is 0 Å². The number of halogens is 2. The van der Waals surface area contributed by atoms with Crippen molar-refractivity contribution >= 4 is 22.4 Å². The predicted molar refractivity (Wildman–Crippen MR) is 79.9 cm³/mol. The van der Waals surface area contributed by atoms with Crippen molar-refractivity contribution in [1.29, 1.82) is 5.26 Å². The van der Waals surface area contributed by atoms with Gasteiger partial charge in [-0.15, -0.1) is 0 Å². The number of carbonyl (C=O) groups excluding carboxylic acids is 1. The number of H-pyrrole nitrogens is 1. The van der Waals surface area contributed by atoms with E-state index >= 15 is 0 Å². The Hall–Kier alpha value is -3.20. The van der Waals surface area contributed by atoms with Crippen LogP contribution in [0.2, 0.25) is 0 Å². The van der Waals surface area contributed by atoms with Gasteiger partial charge in [0.1, 0.15) is 17.7 Å². The molecule has 2 heterocycles. The molecule has 0 amide bonds. The summed E-state index contributed by atoms with van der Waals surface area (Å²) < 4.78 is 27.0. The zero-order valence-corrected chi connectivity index (χ0v) is 11.7. The molecule has 23 heavy (non-hydrogen) atoms. The first-order chi connectivity index (χ1) is 11.0. The van der Waals surface area contributed by atoms with Crippen LogP contribution < -0.4 is 5.32 Å². The number of aromatic amines is 1. The Morgan fingerprint density at radius 1 is 1.09 bits per heavy atom. The van der Waals surface area contributed by atoms with E-state index in [1.54, 1.807) is 0 Å². The topological polar surface area (TPSA) is 68.7 Å². The number of nitrogens with one attached hydrogen (secondary N) is 2. The Bertz CT molecular complexity index is 1020. The third-order valence-electron chi connectivity index (χ3n) is 4.10. The number of Topliss-reactive ketones (excluding diaryl/α,β-unsaturated/α-hetero) is 1. The number of nitriles is 1. The summed E-state index contributed by atoms with van der Waals surface area (Å²) in [5.41, 5.74) is -0.299. The molecule has 0 saturated heterocycles. The minimum Gasteiger partial charge on any atom is -0.361 e. The molecular formula is C17H9F2N3O.